The van der Waals surface area contributed by atoms with Gasteiger partial charge >= 0.3 is 11.9 Å². The lowest BCUT2D eigenvalue weighted by molar-refractivity contribution is -0.224. The number of fused-ring (bicyclic) bond motifs is 2. The molecule has 7 nitrogen and oxygen atoms in total. The summed E-state index contributed by atoms with van der Waals surface area (Å²) in [6, 6.07) is 0. The van der Waals surface area contributed by atoms with Crippen LogP contribution < -0.4 is 0 Å². The smallest absolute Gasteiger partial charge is 0.305 e. The highest BCUT2D eigenvalue weighted by molar-refractivity contribution is 5.69. The van der Waals surface area contributed by atoms with Crippen LogP contribution >= 0.6 is 0 Å². The highest BCUT2D eigenvalue weighted by Gasteiger charge is 2.85. The van der Waals surface area contributed by atoms with Crippen molar-refractivity contribution < 1.29 is 34.0 Å². The normalized spacial score (nSPS) is 51.5. The number of rotatable bonds is 6. The van der Waals surface area contributed by atoms with Crippen LogP contribution in [0.15, 0.2) is 0 Å². The average Bonchev–Trinajstić information content (AvgIpc) is 3.27. The molecule has 0 aromatic carbocycles. The van der Waals surface area contributed by atoms with Crippen molar-refractivity contribution in [2.45, 2.75) is 169 Å². The van der Waals surface area contributed by atoms with Gasteiger partial charge in [0.05, 0.1) is 23.4 Å². The molecular weight excluding hydrogens is 544 g/mol. The van der Waals surface area contributed by atoms with Gasteiger partial charge in [-0.3, -0.25) is 9.59 Å². The number of aliphatic hydroxyl groups excluding tert-OH is 1. The van der Waals surface area contributed by atoms with E-state index in [-0.39, 0.29) is 69.2 Å². The van der Waals surface area contributed by atoms with Crippen molar-refractivity contribution in [2.24, 2.45) is 44.8 Å². The monoisotopic (exact) mass is 602 g/mol. The molecule has 43 heavy (non-hydrogen) atoms. The van der Waals surface area contributed by atoms with Crippen molar-refractivity contribution in [3.05, 3.63) is 0 Å². The van der Waals surface area contributed by atoms with E-state index in [0.29, 0.717) is 18.8 Å². The molecule has 1 saturated heterocycles. The quantitative estimate of drug-likeness (QED) is 0.341. The fourth-order valence-corrected chi connectivity index (χ4v) is 12.9. The fraction of sp³-hybridized carbons (Fsp3) is 0.944. The maximum absolute atomic E-state index is 13.0. The number of esters is 2. The van der Waals surface area contributed by atoms with Gasteiger partial charge in [0.1, 0.15) is 12.2 Å². The van der Waals surface area contributed by atoms with E-state index in [1.54, 1.807) is 0 Å². The van der Waals surface area contributed by atoms with Gasteiger partial charge in [-0.1, -0.05) is 41.5 Å². The third-order valence-corrected chi connectivity index (χ3v) is 14.8. The third-order valence-electron chi connectivity index (χ3n) is 14.8. The summed E-state index contributed by atoms with van der Waals surface area (Å²) in [4.78, 5) is 25.4. The van der Waals surface area contributed by atoms with Gasteiger partial charge in [-0.25, -0.2) is 0 Å². The Hall–Kier alpha value is -1.18. The van der Waals surface area contributed by atoms with Gasteiger partial charge in [-0.2, -0.15) is 0 Å². The van der Waals surface area contributed by atoms with Crippen LogP contribution in [0.1, 0.15) is 133 Å². The SMILES string of the molecule is CCC(=O)O[C@H]1CC[C@]23C[C@]24CC[C@]2(C)C([C@@]5(C)CC[C@H](C(C)(C)O)O5)[C@@H](O)C[C@]2(C)C4C[C@@H](OC(=O)CC)C3C1(C)C. The van der Waals surface area contributed by atoms with Crippen molar-refractivity contribution in [1.82, 2.24) is 0 Å². The molecule has 0 amide bonds. The van der Waals surface area contributed by atoms with Crippen molar-refractivity contribution in [2.75, 3.05) is 0 Å². The molecule has 244 valence electrons. The largest absolute Gasteiger partial charge is 0.462 e. The van der Waals surface area contributed by atoms with E-state index < -0.39 is 17.3 Å². The maximum atomic E-state index is 13.0. The molecule has 6 aliphatic rings. The average molecular weight is 603 g/mol. The molecule has 3 unspecified atom stereocenters. The zero-order valence-electron chi connectivity index (χ0n) is 28.3. The second-order valence-electron chi connectivity index (χ2n) is 17.5. The molecule has 7 heteroatoms. The van der Waals surface area contributed by atoms with Crippen molar-refractivity contribution >= 4 is 11.9 Å². The lowest BCUT2D eigenvalue weighted by Crippen LogP contribution is -2.63. The summed E-state index contributed by atoms with van der Waals surface area (Å²) in [6.07, 6.45) is 7.83. The summed E-state index contributed by atoms with van der Waals surface area (Å²) < 4.78 is 19.2. The molecule has 2 spiro atoms. The van der Waals surface area contributed by atoms with Crippen molar-refractivity contribution in [3.8, 4) is 0 Å². The first kappa shape index (κ1) is 31.8. The lowest BCUT2D eigenvalue weighted by atomic mass is 9.41. The predicted octanol–water partition coefficient (Wildman–Crippen LogP) is 6.36. The summed E-state index contributed by atoms with van der Waals surface area (Å²) >= 11 is 0. The maximum Gasteiger partial charge on any atom is 0.305 e. The Kier molecular flexibility index (Phi) is 7.15. The molecule has 2 N–H and O–H groups in total. The van der Waals surface area contributed by atoms with Gasteiger partial charge in [0.15, 0.2) is 0 Å². The third kappa shape index (κ3) is 4.15. The minimum absolute atomic E-state index is 0.0283. The van der Waals surface area contributed by atoms with E-state index in [4.69, 9.17) is 14.2 Å². The van der Waals surface area contributed by atoms with Crippen LogP contribution in [0, 0.1) is 44.8 Å². The first-order valence-corrected chi connectivity index (χ1v) is 17.3. The Labute approximate surface area is 259 Å². The highest BCUT2D eigenvalue weighted by atomic mass is 16.6. The minimum Gasteiger partial charge on any atom is -0.462 e. The molecule has 6 rings (SSSR count). The summed E-state index contributed by atoms with van der Waals surface area (Å²) in [6.45, 7) is 18.9. The zero-order valence-corrected chi connectivity index (χ0v) is 28.3. The van der Waals surface area contributed by atoms with E-state index in [2.05, 4.69) is 34.6 Å². The molecular formula is C36H58O7. The van der Waals surface area contributed by atoms with Crippen LogP contribution in [-0.2, 0) is 23.8 Å². The Bertz CT molecular complexity index is 1160. The minimum atomic E-state index is -0.922. The standard InChI is InChI=1S/C36H58O7/c1-10-26(38)41-22-18-23-33(8)19-21(37)28(34(9)14-12-25(43-34)31(5,6)40)32(33,7)16-17-35(23)20-36(35)15-13-24(42-27(39)11-2)30(3,4)29(22)36/h21-25,28-29,37,40H,10-20H2,1-9H3/t21-,22+,23?,24-,25+,28?,29?,32+,33+,34+,35-,36+/m0/s1. The predicted molar refractivity (Wildman–Crippen MR) is 163 cm³/mol. The van der Waals surface area contributed by atoms with Crippen LogP contribution in [0.2, 0.25) is 0 Å². The van der Waals surface area contributed by atoms with E-state index in [1.807, 2.05) is 27.7 Å². The molecule has 5 aliphatic carbocycles. The number of carbonyl (C=O) groups is 2. The molecule has 5 saturated carbocycles. The van der Waals surface area contributed by atoms with Crippen LogP contribution in [0.25, 0.3) is 0 Å². The Morgan fingerprint density at radius 2 is 1.51 bits per heavy atom. The van der Waals surface area contributed by atoms with E-state index in [9.17, 15) is 19.8 Å². The molecule has 6 fully saturated rings. The van der Waals surface area contributed by atoms with Gasteiger partial charge in [-0.15, -0.1) is 0 Å². The van der Waals surface area contributed by atoms with Crippen molar-refractivity contribution in [3.63, 3.8) is 0 Å². The summed E-state index contributed by atoms with van der Waals surface area (Å²) in [7, 11) is 0. The van der Waals surface area contributed by atoms with Crippen LogP contribution in [0.3, 0.4) is 0 Å². The Morgan fingerprint density at radius 1 is 0.860 bits per heavy atom. The highest BCUT2D eigenvalue weighted by Crippen LogP contribution is 2.89. The molecule has 12 atom stereocenters. The molecule has 0 bridgehead atoms. The molecule has 1 aliphatic heterocycles. The van der Waals surface area contributed by atoms with E-state index >= 15 is 0 Å². The van der Waals surface area contributed by atoms with Crippen LogP contribution in [-0.4, -0.2) is 57.8 Å². The zero-order chi connectivity index (χ0) is 31.6. The van der Waals surface area contributed by atoms with Gasteiger partial charge in [0.25, 0.3) is 0 Å². The van der Waals surface area contributed by atoms with Crippen molar-refractivity contribution in [1.29, 1.82) is 0 Å². The topological polar surface area (TPSA) is 102 Å². The molecule has 0 aromatic heterocycles. The first-order chi connectivity index (χ1) is 19.8. The second kappa shape index (κ2) is 9.67. The lowest BCUT2D eigenvalue weighted by Gasteiger charge is -2.64. The Morgan fingerprint density at radius 3 is 2.12 bits per heavy atom. The van der Waals surface area contributed by atoms with Crippen LogP contribution in [0.4, 0.5) is 0 Å². The fourth-order valence-electron chi connectivity index (χ4n) is 12.9. The van der Waals surface area contributed by atoms with Crippen LogP contribution in [0.5, 0.6) is 0 Å². The van der Waals surface area contributed by atoms with Gasteiger partial charge in [0.2, 0.25) is 0 Å². The number of aliphatic hydroxyl groups is 2. The van der Waals surface area contributed by atoms with Gasteiger partial charge < -0.3 is 24.4 Å². The summed E-state index contributed by atoms with van der Waals surface area (Å²) in [5.41, 5.74) is -1.82. The number of hydrogen-bond donors (Lipinski definition) is 2. The molecule has 0 radical (unpaired) electrons. The first-order valence-electron chi connectivity index (χ1n) is 17.3. The molecule has 1 heterocycles. The van der Waals surface area contributed by atoms with Gasteiger partial charge in [0, 0.05) is 30.1 Å². The second-order valence-corrected chi connectivity index (χ2v) is 17.5. The molecule has 0 aromatic rings. The van der Waals surface area contributed by atoms with E-state index in [1.165, 1.54) is 0 Å². The number of hydrogen-bond acceptors (Lipinski definition) is 7. The van der Waals surface area contributed by atoms with Gasteiger partial charge in [-0.05, 0) is 106 Å². The van der Waals surface area contributed by atoms with E-state index in [0.717, 1.165) is 57.8 Å². The Balaban J connectivity index is 1.37. The number of ether oxygens (including phenoxy) is 3. The number of carbonyl (C=O) groups excluding carboxylic acids is 2. The summed E-state index contributed by atoms with van der Waals surface area (Å²) in [5.74, 6) is 0.115. The summed E-state index contributed by atoms with van der Waals surface area (Å²) in [5, 5.41) is 22.8.